The van der Waals surface area contributed by atoms with Gasteiger partial charge in [0.25, 0.3) is 0 Å². The first kappa shape index (κ1) is 11.6. The molecule has 1 N–H and O–H groups in total. The number of nitrogens with one attached hydrogen (secondary N) is 1. The van der Waals surface area contributed by atoms with E-state index in [1.807, 2.05) is 31.6 Å². The van der Waals surface area contributed by atoms with Crippen LogP contribution in [0.4, 0.5) is 0 Å². The number of halogens is 1. The molecule has 0 spiro atoms. The van der Waals surface area contributed by atoms with Gasteiger partial charge in [-0.2, -0.15) is 0 Å². The van der Waals surface area contributed by atoms with Crippen LogP contribution in [-0.2, 0) is 4.74 Å². The fourth-order valence-corrected chi connectivity index (χ4v) is 2.39. The second-order valence-corrected chi connectivity index (χ2v) is 4.61. The Balaban J connectivity index is 2.28. The van der Waals surface area contributed by atoms with Gasteiger partial charge in [-0.3, -0.25) is 4.98 Å². The highest BCUT2D eigenvalue weighted by atomic mass is 79.9. The van der Waals surface area contributed by atoms with E-state index in [1.165, 1.54) is 5.57 Å². The molecule has 0 saturated carbocycles. The molecule has 2 rings (SSSR count). The highest BCUT2D eigenvalue weighted by molar-refractivity contribution is 9.10. The third kappa shape index (κ3) is 2.44. The van der Waals surface area contributed by atoms with Crippen LogP contribution in [0, 0.1) is 0 Å². The van der Waals surface area contributed by atoms with Crippen molar-refractivity contribution in [2.75, 3.05) is 13.7 Å². The summed E-state index contributed by atoms with van der Waals surface area (Å²) in [4.78, 5) is 4.42. The van der Waals surface area contributed by atoms with Gasteiger partial charge in [0.15, 0.2) is 0 Å². The van der Waals surface area contributed by atoms with Crippen molar-refractivity contribution in [3.05, 3.63) is 40.3 Å². The summed E-state index contributed by atoms with van der Waals surface area (Å²) in [6.45, 7) is 0.823. The van der Waals surface area contributed by atoms with Crippen LogP contribution in [0.15, 0.2) is 34.6 Å². The molecule has 0 aromatic carbocycles. The zero-order valence-electron chi connectivity index (χ0n) is 9.24. The van der Waals surface area contributed by atoms with Gasteiger partial charge in [0.05, 0.1) is 24.6 Å². The van der Waals surface area contributed by atoms with Crippen LogP contribution in [0.1, 0.15) is 24.6 Å². The molecule has 0 radical (unpaired) electrons. The summed E-state index contributed by atoms with van der Waals surface area (Å²) in [5.74, 6) is 0. The molecule has 2 heterocycles. The number of ether oxygens (including phenoxy) is 1. The van der Waals surface area contributed by atoms with Crippen LogP contribution in [0.2, 0.25) is 0 Å². The monoisotopic (exact) mass is 282 g/mol. The molecule has 1 aliphatic heterocycles. The Hall–Kier alpha value is -0.870. The molecule has 16 heavy (non-hydrogen) atoms. The lowest BCUT2D eigenvalue weighted by atomic mass is 9.99. The Labute approximate surface area is 104 Å². The molecule has 0 bridgehead atoms. The van der Waals surface area contributed by atoms with Gasteiger partial charge < -0.3 is 10.1 Å². The molecular formula is C12H15BrN2O. The predicted molar refractivity (Wildman–Crippen MR) is 67.0 cm³/mol. The van der Waals surface area contributed by atoms with Crippen molar-refractivity contribution in [2.45, 2.75) is 18.9 Å². The largest absolute Gasteiger partial charge is 0.501 e. The summed E-state index contributed by atoms with van der Waals surface area (Å²) in [6.07, 6.45) is 5.82. The molecule has 1 aliphatic rings. The number of pyridine rings is 1. The minimum atomic E-state index is 0.135. The lowest BCUT2D eigenvalue weighted by Gasteiger charge is -2.23. The van der Waals surface area contributed by atoms with E-state index >= 15 is 0 Å². The molecule has 3 nitrogen and oxygen atoms in total. The fraction of sp³-hybridized carbons (Fsp3) is 0.417. The van der Waals surface area contributed by atoms with Crippen LogP contribution in [0.3, 0.4) is 0 Å². The lowest BCUT2D eigenvalue weighted by Crippen LogP contribution is -2.22. The Morgan fingerprint density at radius 1 is 1.56 bits per heavy atom. The van der Waals surface area contributed by atoms with Gasteiger partial charge in [0, 0.05) is 10.7 Å². The molecule has 1 atom stereocenters. The highest BCUT2D eigenvalue weighted by Crippen LogP contribution is 2.30. The number of rotatable bonds is 3. The zero-order valence-corrected chi connectivity index (χ0v) is 10.8. The third-order valence-corrected chi connectivity index (χ3v) is 3.35. The van der Waals surface area contributed by atoms with Crippen LogP contribution >= 0.6 is 15.9 Å². The Morgan fingerprint density at radius 3 is 3.06 bits per heavy atom. The maximum atomic E-state index is 5.38. The highest BCUT2D eigenvalue weighted by Gasteiger charge is 2.20. The summed E-state index contributed by atoms with van der Waals surface area (Å²) < 4.78 is 6.41. The maximum Gasteiger partial charge on any atom is 0.0876 e. The van der Waals surface area contributed by atoms with Crippen molar-refractivity contribution in [2.24, 2.45) is 0 Å². The van der Waals surface area contributed by atoms with E-state index in [0.717, 1.165) is 29.6 Å². The molecule has 1 aromatic rings. The maximum absolute atomic E-state index is 5.38. The van der Waals surface area contributed by atoms with Crippen molar-refractivity contribution < 1.29 is 4.74 Å². The number of likely N-dealkylation sites (N-methyl/N-ethyl adjacent to an activating group) is 1. The molecule has 86 valence electrons. The van der Waals surface area contributed by atoms with Crippen molar-refractivity contribution in [1.82, 2.24) is 10.3 Å². The molecule has 0 amide bonds. The van der Waals surface area contributed by atoms with E-state index in [9.17, 15) is 0 Å². The first-order valence-electron chi connectivity index (χ1n) is 5.41. The second-order valence-electron chi connectivity index (χ2n) is 3.76. The van der Waals surface area contributed by atoms with Crippen LogP contribution in [0.25, 0.3) is 0 Å². The molecule has 0 fully saturated rings. The van der Waals surface area contributed by atoms with Crippen LogP contribution in [0.5, 0.6) is 0 Å². The van der Waals surface area contributed by atoms with E-state index in [1.54, 1.807) is 0 Å². The van der Waals surface area contributed by atoms with E-state index in [0.29, 0.717) is 0 Å². The Bertz CT molecular complexity index is 392. The quantitative estimate of drug-likeness (QED) is 0.926. The average Bonchev–Trinajstić information content (AvgIpc) is 2.34. The van der Waals surface area contributed by atoms with E-state index in [-0.39, 0.29) is 6.04 Å². The summed E-state index contributed by atoms with van der Waals surface area (Å²) in [7, 11) is 1.95. The van der Waals surface area contributed by atoms with Gasteiger partial charge >= 0.3 is 0 Å². The first-order chi connectivity index (χ1) is 7.83. The lowest BCUT2D eigenvalue weighted by molar-refractivity contribution is 0.219. The zero-order chi connectivity index (χ0) is 11.4. The van der Waals surface area contributed by atoms with Gasteiger partial charge in [-0.1, -0.05) is 0 Å². The molecule has 1 aromatic heterocycles. The Kier molecular flexibility index (Phi) is 3.96. The van der Waals surface area contributed by atoms with Gasteiger partial charge in [-0.25, -0.2) is 0 Å². The Morgan fingerprint density at radius 2 is 2.44 bits per heavy atom. The second kappa shape index (κ2) is 5.46. The first-order valence-corrected chi connectivity index (χ1v) is 6.20. The smallest absolute Gasteiger partial charge is 0.0876 e. The standard InChI is InChI=1S/C12H15BrN2O/c1-14-11(9-4-3-7-16-8-9)12-10(13)5-2-6-15-12/h2,5-6,8,11,14H,3-4,7H2,1H3. The van der Waals surface area contributed by atoms with E-state index in [4.69, 9.17) is 4.74 Å². The molecular weight excluding hydrogens is 268 g/mol. The molecule has 4 heteroatoms. The number of hydrogen-bond acceptors (Lipinski definition) is 3. The molecule has 1 unspecified atom stereocenters. The van der Waals surface area contributed by atoms with Crippen LogP contribution in [-0.4, -0.2) is 18.6 Å². The fourth-order valence-electron chi connectivity index (χ4n) is 1.90. The molecule has 0 saturated heterocycles. The third-order valence-electron chi connectivity index (χ3n) is 2.68. The van der Waals surface area contributed by atoms with Crippen molar-refractivity contribution in [3.63, 3.8) is 0 Å². The SMILES string of the molecule is CNC(C1=COCCC1)c1ncccc1Br. The van der Waals surface area contributed by atoms with Crippen molar-refractivity contribution in [1.29, 1.82) is 0 Å². The van der Waals surface area contributed by atoms with Crippen LogP contribution < -0.4 is 5.32 Å². The summed E-state index contributed by atoms with van der Waals surface area (Å²) in [5, 5.41) is 3.29. The van der Waals surface area contributed by atoms with Gasteiger partial charge in [0.2, 0.25) is 0 Å². The number of nitrogens with zero attached hydrogens (tertiary/aromatic N) is 1. The summed E-state index contributed by atoms with van der Waals surface area (Å²) in [5.41, 5.74) is 2.27. The predicted octanol–water partition coefficient (Wildman–Crippen LogP) is 2.80. The number of hydrogen-bond donors (Lipinski definition) is 1. The molecule has 0 aliphatic carbocycles. The van der Waals surface area contributed by atoms with Crippen molar-refractivity contribution in [3.8, 4) is 0 Å². The topological polar surface area (TPSA) is 34.1 Å². The average molecular weight is 283 g/mol. The van der Waals surface area contributed by atoms with Gasteiger partial charge in [-0.15, -0.1) is 0 Å². The van der Waals surface area contributed by atoms with E-state index in [2.05, 4.69) is 26.2 Å². The van der Waals surface area contributed by atoms with Gasteiger partial charge in [0.1, 0.15) is 0 Å². The van der Waals surface area contributed by atoms with E-state index < -0.39 is 0 Å². The van der Waals surface area contributed by atoms with Gasteiger partial charge in [-0.05, 0) is 53.5 Å². The summed E-state index contributed by atoms with van der Waals surface area (Å²) in [6, 6.07) is 4.07. The number of aromatic nitrogens is 1. The normalized spacial score (nSPS) is 17.5. The minimum Gasteiger partial charge on any atom is -0.501 e. The minimum absolute atomic E-state index is 0.135. The van der Waals surface area contributed by atoms with Crippen molar-refractivity contribution >= 4 is 15.9 Å². The summed E-state index contributed by atoms with van der Waals surface area (Å²) >= 11 is 3.53.